The normalized spacial score (nSPS) is 10.1. The highest BCUT2D eigenvalue weighted by molar-refractivity contribution is 5.77. The van der Waals surface area contributed by atoms with E-state index in [1.807, 2.05) is 54.6 Å². The van der Waals surface area contributed by atoms with Gasteiger partial charge in [-0.05, 0) is 42.7 Å². The first-order chi connectivity index (χ1) is 10.2. The summed E-state index contributed by atoms with van der Waals surface area (Å²) in [6, 6.07) is 17.1. The Labute approximate surface area is 124 Å². The first-order valence-electron chi connectivity index (χ1n) is 7.03. The fraction of sp³-hybridized carbons (Fsp3) is 0.235. The molecule has 0 bridgehead atoms. The molecule has 0 radical (unpaired) electrons. The van der Waals surface area contributed by atoms with Crippen molar-refractivity contribution in [2.75, 3.05) is 18.9 Å². The SMILES string of the molecule is Nc1ccc(CCCNC(=O)COc2ccccc2)cc1. The second kappa shape index (κ2) is 7.94. The zero-order valence-corrected chi connectivity index (χ0v) is 11.9. The third kappa shape index (κ3) is 5.57. The Morgan fingerprint density at radius 1 is 1.05 bits per heavy atom. The lowest BCUT2D eigenvalue weighted by molar-refractivity contribution is -0.123. The van der Waals surface area contributed by atoms with E-state index in [1.165, 1.54) is 5.56 Å². The van der Waals surface area contributed by atoms with E-state index in [9.17, 15) is 4.79 Å². The second-order valence-corrected chi connectivity index (χ2v) is 4.80. The predicted octanol–water partition coefficient (Wildman–Crippen LogP) is 2.40. The number of carbonyl (C=O) groups is 1. The van der Waals surface area contributed by atoms with Gasteiger partial charge in [-0.15, -0.1) is 0 Å². The standard InChI is InChI=1S/C17H20N2O2/c18-15-10-8-14(9-11-15)5-4-12-19-17(20)13-21-16-6-2-1-3-7-16/h1-3,6-11H,4-5,12-13,18H2,(H,19,20). The molecule has 0 aromatic heterocycles. The van der Waals surface area contributed by atoms with Crippen LogP contribution in [0.1, 0.15) is 12.0 Å². The summed E-state index contributed by atoms with van der Waals surface area (Å²) in [6.07, 6.45) is 1.81. The molecule has 0 saturated carbocycles. The molecule has 1 amide bonds. The number of ether oxygens (including phenoxy) is 1. The van der Waals surface area contributed by atoms with E-state index in [-0.39, 0.29) is 12.5 Å². The zero-order valence-electron chi connectivity index (χ0n) is 11.9. The van der Waals surface area contributed by atoms with Crippen molar-refractivity contribution in [3.8, 4) is 5.75 Å². The summed E-state index contributed by atoms with van der Waals surface area (Å²) < 4.78 is 5.37. The van der Waals surface area contributed by atoms with Crippen molar-refractivity contribution in [3.05, 3.63) is 60.2 Å². The highest BCUT2D eigenvalue weighted by Crippen LogP contribution is 2.08. The summed E-state index contributed by atoms with van der Waals surface area (Å²) in [5.41, 5.74) is 7.62. The molecule has 0 aliphatic rings. The van der Waals surface area contributed by atoms with Crippen LogP contribution in [0, 0.1) is 0 Å². The summed E-state index contributed by atoms with van der Waals surface area (Å²) in [5, 5.41) is 2.85. The van der Waals surface area contributed by atoms with Crippen molar-refractivity contribution in [2.24, 2.45) is 0 Å². The Morgan fingerprint density at radius 2 is 1.76 bits per heavy atom. The number of anilines is 1. The third-order valence-electron chi connectivity index (χ3n) is 3.06. The highest BCUT2D eigenvalue weighted by atomic mass is 16.5. The van der Waals surface area contributed by atoms with Crippen LogP contribution < -0.4 is 15.8 Å². The number of aryl methyl sites for hydroxylation is 1. The van der Waals surface area contributed by atoms with Gasteiger partial charge in [0.1, 0.15) is 5.75 Å². The summed E-state index contributed by atoms with van der Waals surface area (Å²) in [5.74, 6) is 0.602. The van der Waals surface area contributed by atoms with Crippen LogP contribution in [-0.4, -0.2) is 19.1 Å². The molecule has 0 unspecified atom stereocenters. The molecule has 0 spiro atoms. The maximum absolute atomic E-state index is 11.6. The highest BCUT2D eigenvalue weighted by Gasteiger charge is 2.02. The first-order valence-corrected chi connectivity index (χ1v) is 7.03. The maximum atomic E-state index is 11.6. The van der Waals surface area contributed by atoms with Gasteiger partial charge in [0.25, 0.3) is 5.91 Å². The van der Waals surface area contributed by atoms with Gasteiger partial charge in [-0.25, -0.2) is 0 Å². The van der Waals surface area contributed by atoms with Crippen molar-refractivity contribution in [1.29, 1.82) is 0 Å². The number of nitrogen functional groups attached to an aromatic ring is 1. The summed E-state index contributed by atoms with van der Waals surface area (Å²) >= 11 is 0. The molecular weight excluding hydrogens is 264 g/mol. The molecule has 0 heterocycles. The van der Waals surface area contributed by atoms with Crippen molar-refractivity contribution < 1.29 is 9.53 Å². The quantitative estimate of drug-likeness (QED) is 0.606. The molecule has 2 aromatic carbocycles. The molecule has 0 atom stereocenters. The predicted molar refractivity (Wildman–Crippen MR) is 84.1 cm³/mol. The van der Waals surface area contributed by atoms with Crippen LogP contribution in [0.25, 0.3) is 0 Å². The lowest BCUT2D eigenvalue weighted by atomic mass is 10.1. The lowest BCUT2D eigenvalue weighted by Crippen LogP contribution is -2.29. The number of nitrogens with two attached hydrogens (primary N) is 1. The monoisotopic (exact) mass is 284 g/mol. The summed E-state index contributed by atoms with van der Waals surface area (Å²) in [7, 11) is 0. The molecule has 4 nitrogen and oxygen atoms in total. The van der Waals surface area contributed by atoms with E-state index in [1.54, 1.807) is 0 Å². The Kier molecular flexibility index (Phi) is 5.64. The van der Waals surface area contributed by atoms with E-state index in [0.717, 1.165) is 18.5 Å². The summed E-state index contributed by atoms with van der Waals surface area (Å²) in [6.45, 7) is 0.688. The average molecular weight is 284 g/mol. The molecule has 110 valence electrons. The fourth-order valence-electron chi connectivity index (χ4n) is 1.92. The first kappa shape index (κ1) is 14.9. The Hall–Kier alpha value is -2.49. The van der Waals surface area contributed by atoms with Crippen molar-refractivity contribution in [2.45, 2.75) is 12.8 Å². The van der Waals surface area contributed by atoms with Crippen LogP contribution in [0.3, 0.4) is 0 Å². The number of benzene rings is 2. The van der Waals surface area contributed by atoms with Crippen LogP contribution >= 0.6 is 0 Å². The van der Waals surface area contributed by atoms with Gasteiger partial charge in [0.05, 0.1) is 0 Å². The molecule has 2 rings (SSSR count). The topological polar surface area (TPSA) is 64.3 Å². The Bertz CT molecular complexity index is 553. The molecule has 0 fully saturated rings. The van der Waals surface area contributed by atoms with Crippen LogP contribution in [0.5, 0.6) is 5.75 Å². The third-order valence-corrected chi connectivity index (χ3v) is 3.06. The van der Waals surface area contributed by atoms with Crippen molar-refractivity contribution >= 4 is 11.6 Å². The summed E-state index contributed by atoms with van der Waals surface area (Å²) in [4.78, 5) is 11.6. The molecule has 3 N–H and O–H groups in total. The minimum Gasteiger partial charge on any atom is -0.484 e. The number of carbonyl (C=O) groups excluding carboxylic acids is 1. The van der Waals surface area contributed by atoms with Crippen molar-refractivity contribution in [3.63, 3.8) is 0 Å². The number of rotatable bonds is 7. The number of hydrogen-bond donors (Lipinski definition) is 2. The number of nitrogens with one attached hydrogen (secondary N) is 1. The number of amides is 1. The van der Waals surface area contributed by atoms with Gasteiger partial charge in [-0.3, -0.25) is 4.79 Å². The number of hydrogen-bond acceptors (Lipinski definition) is 3. The van der Waals surface area contributed by atoms with E-state index in [0.29, 0.717) is 12.3 Å². The molecule has 0 saturated heterocycles. The molecule has 0 aliphatic carbocycles. The van der Waals surface area contributed by atoms with Gasteiger partial charge in [0, 0.05) is 12.2 Å². The fourth-order valence-corrected chi connectivity index (χ4v) is 1.92. The van der Waals surface area contributed by atoms with Crippen LogP contribution in [0.15, 0.2) is 54.6 Å². The van der Waals surface area contributed by atoms with Crippen LogP contribution in [0.4, 0.5) is 5.69 Å². The molecule has 2 aromatic rings. The molecule has 0 aliphatic heterocycles. The maximum Gasteiger partial charge on any atom is 0.257 e. The second-order valence-electron chi connectivity index (χ2n) is 4.80. The molecule has 4 heteroatoms. The van der Waals surface area contributed by atoms with Gasteiger partial charge in [0.2, 0.25) is 0 Å². The van der Waals surface area contributed by atoms with E-state index in [4.69, 9.17) is 10.5 Å². The van der Waals surface area contributed by atoms with E-state index < -0.39 is 0 Å². The van der Waals surface area contributed by atoms with E-state index >= 15 is 0 Å². The zero-order chi connectivity index (χ0) is 14.9. The van der Waals surface area contributed by atoms with Gasteiger partial charge < -0.3 is 15.8 Å². The largest absolute Gasteiger partial charge is 0.484 e. The lowest BCUT2D eigenvalue weighted by Gasteiger charge is -2.07. The minimum atomic E-state index is -0.101. The Morgan fingerprint density at radius 3 is 2.48 bits per heavy atom. The van der Waals surface area contributed by atoms with E-state index in [2.05, 4.69) is 5.32 Å². The number of para-hydroxylation sites is 1. The molecular formula is C17H20N2O2. The van der Waals surface area contributed by atoms with Gasteiger partial charge in [0.15, 0.2) is 6.61 Å². The van der Waals surface area contributed by atoms with Crippen LogP contribution in [0.2, 0.25) is 0 Å². The van der Waals surface area contributed by atoms with Gasteiger partial charge in [-0.1, -0.05) is 30.3 Å². The molecule has 21 heavy (non-hydrogen) atoms. The minimum absolute atomic E-state index is 0.0475. The Balaban J connectivity index is 1.60. The average Bonchev–Trinajstić information content (AvgIpc) is 2.52. The van der Waals surface area contributed by atoms with Gasteiger partial charge >= 0.3 is 0 Å². The smallest absolute Gasteiger partial charge is 0.257 e. The van der Waals surface area contributed by atoms with Crippen LogP contribution in [-0.2, 0) is 11.2 Å². The van der Waals surface area contributed by atoms with Gasteiger partial charge in [-0.2, -0.15) is 0 Å². The van der Waals surface area contributed by atoms with Crippen molar-refractivity contribution in [1.82, 2.24) is 5.32 Å².